The van der Waals surface area contributed by atoms with Crippen molar-refractivity contribution in [2.24, 2.45) is 5.41 Å². The van der Waals surface area contributed by atoms with E-state index in [1.807, 2.05) is 12.1 Å². The summed E-state index contributed by atoms with van der Waals surface area (Å²) in [5.74, 6) is 1.16. The number of rotatable bonds is 4. The van der Waals surface area contributed by atoms with E-state index >= 15 is 0 Å². The van der Waals surface area contributed by atoms with Crippen LogP contribution in [0.5, 0.6) is 0 Å². The Labute approximate surface area is 118 Å². The van der Waals surface area contributed by atoms with E-state index in [0.29, 0.717) is 17.4 Å². The molecular weight excluding hydrogens is 252 g/mol. The first-order chi connectivity index (χ1) is 9.81. The number of allylic oxidation sites excluding steroid dienone is 1. The Hall–Kier alpha value is -2.04. The summed E-state index contributed by atoms with van der Waals surface area (Å²) in [5.41, 5.74) is 0.753. The van der Waals surface area contributed by atoms with Crippen LogP contribution >= 0.6 is 0 Å². The van der Waals surface area contributed by atoms with E-state index in [1.54, 1.807) is 6.20 Å². The van der Waals surface area contributed by atoms with Crippen LogP contribution in [0.15, 0.2) is 35.5 Å². The molecule has 0 bridgehead atoms. The van der Waals surface area contributed by atoms with Crippen molar-refractivity contribution in [3.05, 3.63) is 36.9 Å². The summed E-state index contributed by atoms with van der Waals surface area (Å²) in [5, 5.41) is 11.8. The van der Waals surface area contributed by atoms with Gasteiger partial charge in [0.2, 0.25) is 11.7 Å². The molecule has 0 aromatic carbocycles. The molecule has 1 saturated carbocycles. The van der Waals surface area contributed by atoms with Crippen LogP contribution in [0.4, 0.5) is 0 Å². The van der Waals surface area contributed by atoms with Crippen LogP contribution in [0.1, 0.15) is 38.0 Å². The summed E-state index contributed by atoms with van der Waals surface area (Å²) in [6.45, 7) is 4.01. The lowest BCUT2D eigenvalue weighted by Gasteiger charge is -2.33. The SMILES string of the molecule is C=CC1(Cc2nc(-c3cccnn3)no2)CCCCC1. The Bertz CT molecular complexity index is 573. The lowest BCUT2D eigenvalue weighted by atomic mass is 9.72. The molecule has 5 heteroatoms. The number of hydrogen-bond donors (Lipinski definition) is 0. The number of aromatic nitrogens is 4. The zero-order valence-corrected chi connectivity index (χ0v) is 11.5. The third kappa shape index (κ3) is 2.61. The van der Waals surface area contributed by atoms with Crippen molar-refractivity contribution in [1.29, 1.82) is 0 Å². The summed E-state index contributed by atoms with van der Waals surface area (Å²) in [4.78, 5) is 4.44. The average molecular weight is 270 g/mol. The highest BCUT2D eigenvalue weighted by molar-refractivity contribution is 5.46. The summed E-state index contributed by atoms with van der Waals surface area (Å²) >= 11 is 0. The van der Waals surface area contributed by atoms with Gasteiger partial charge in [0.15, 0.2) is 0 Å². The van der Waals surface area contributed by atoms with E-state index in [2.05, 4.69) is 33.0 Å². The van der Waals surface area contributed by atoms with Crippen molar-refractivity contribution in [3.63, 3.8) is 0 Å². The Morgan fingerprint density at radius 1 is 1.30 bits per heavy atom. The van der Waals surface area contributed by atoms with Crippen molar-refractivity contribution < 1.29 is 4.52 Å². The molecule has 0 amide bonds. The highest BCUT2D eigenvalue weighted by atomic mass is 16.5. The standard InChI is InChI=1S/C15H18N4O/c1-2-15(8-4-3-5-9-15)11-13-17-14(19-20-13)12-7-6-10-16-18-12/h2,6-7,10H,1,3-5,8-9,11H2. The summed E-state index contributed by atoms with van der Waals surface area (Å²) in [6, 6.07) is 3.64. The zero-order chi connectivity index (χ0) is 13.8. The molecule has 1 fully saturated rings. The molecule has 0 radical (unpaired) electrons. The lowest BCUT2D eigenvalue weighted by Crippen LogP contribution is -2.24. The van der Waals surface area contributed by atoms with E-state index < -0.39 is 0 Å². The summed E-state index contributed by atoms with van der Waals surface area (Å²) in [6.07, 6.45) is 10.6. The quantitative estimate of drug-likeness (QED) is 0.798. The fraction of sp³-hybridized carbons (Fsp3) is 0.467. The predicted octanol–water partition coefficient (Wildman–Crippen LogP) is 3.21. The van der Waals surface area contributed by atoms with Gasteiger partial charge in [0.05, 0.1) is 0 Å². The van der Waals surface area contributed by atoms with Gasteiger partial charge < -0.3 is 4.52 Å². The second-order valence-electron chi connectivity index (χ2n) is 5.42. The van der Waals surface area contributed by atoms with E-state index in [9.17, 15) is 0 Å². The Balaban J connectivity index is 1.78. The molecule has 0 atom stereocenters. The van der Waals surface area contributed by atoms with Crippen LogP contribution in [-0.4, -0.2) is 20.3 Å². The van der Waals surface area contributed by atoms with Crippen LogP contribution in [0.3, 0.4) is 0 Å². The topological polar surface area (TPSA) is 64.7 Å². The molecule has 2 aromatic rings. The first-order valence-electron chi connectivity index (χ1n) is 7.06. The smallest absolute Gasteiger partial charge is 0.227 e. The Morgan fingerprint density at radius 3 is 2.85 bits per heavy atom. The first-order valence-corrected chi connectivity index (χ1v) is 7.06. The molecule has 5 nitrogen and oxygen atoms in total. The van der Waals surface area contributed by atoms with Gasteiger partial charge in [0.1, 0.15) is 5.69 Å². The molecule has 20 heavy (non-hydrogen) atoms. The Kier molecular flexibility index (Phi) is 3.58. The van der Waals surface area contributed by atoms with Crippen LogP contribution in [0.2, 0.25) is 0 Å². The van der Waals surface area contributed by atoms with Gasteiger partial charge in [-0.15, -0.1) is 11.7 Å². The minimum Gasteiger partial charge on any atom is -0.339 e. The fourth-order valence-corrected chi connectivity index (χ4v) is 2.86. The molecule has 1 aliphatic carbocycles. The van der Waals surface area contributed by atoms with Crippen molar-refractivity contribution in [3.8, 4) is 11.5 Å². The number of hydrogen-bond acceptors (Lipinski definition) is 5. The van der Waals surface area contributed by atoms with Gasteiger partial charge in [-0.1, -0.05) is 30.5 Å². The number of nitrogens with zero attached hydrogens (tertiary/aromatic N) is 4. The predicted molar refractivity (Wildman–Crippen MR) is 74.7 cm³/mol. The van der Waals surface area contributed by atoms with Gasteiger partial charge in [0, 0.05) is 12.6 Å². The second kappa shape index (κ2) is 5.53. The highest BCUT2D eigenvalue weighted by Crippen LogP contribution is 2.40. The average Bonchev–Trinajstić information content (AvgIpc) is 2.97. The molecule has 2 heterocycles. The maximum absolute atomic E-state index is 5.37. The summed E-state index contributed by atoms with van der Waals surface area (Å²) < 4.78 is 5.37. The molecule has 0 N–H and O–H groups in total. The van der Waals surface area contributed by atoms with Crippen molar-refractivity contribution >= 4 is 0 Å². The monoisotopic (exact) mass is 270 g/mol. The van der Waals surface area contributed by atoms with Gasteiger partial charge in [-0.3, -0.25) is 0 Å². The highest BCUT2D eigenvalue weighted by Gasteiger charge is 2.31. The fourth-order valence-electron chi connectivity index (χ4n) is 2.86. The van der Waals surface area contributed by atoms with E-state index in [1.165, 1.54) is 19.3 Å². The minimum absolute atomic E-state index is 0.115. The van der Waals surface area contributed by atoms with Gasteiger partial charge in [-0.2, -0.15) is 10.1 Å². The largest absolute Gasteiger partial charge is 0.339 e. The molecule has 0 spiro atoms. The molecule has 3 rings (SSSR count). The molecule has 1 aliphatic rings. The minimum atomic E-state index is 0.115. The molecular formula is C15H18N4O. The molecule has 0 unspecified atom stereocenters. The van der Waals surface area contributed by atoms with E-state index in [4.69, 9.17) is 4.52 Å². The van der Waals surface area contributed by atoms with Crippen LogP contribution in [-0.2, 0) is 6.42 Å². The van der Waals surface area contributed by atoms with Gasteiger partial charge in [-0.25, -0.2) is 0 Å². The van der Waals surface area contributed by atoms with Gasteiger partial charge in [-0.05, 0) is 30.4 Å². The van der Waals surface area contributed by atoms with E-state index in [0.717, 1.165) is 19.3 Å². The first kappa shape index (κ1) is 13.0. The van der Waals surface area contributed by atoms with Crippen molar-refractivity contribution in [2.45, 2.75) is 38.5 Å². The molecule has 0 saturated heterocycles. The van der Waals surface area contributed by atoms with E-state index in [-0.39, 0.29) is 5.41 Å². The maximum atomic E-state index is 5.37. The Morgan fingerprint density at radius 2 is 2.15 bits per heavy atom. The third-order valence-corrected chi connectivity index (χ3v) is 4.06. The lowest BCUT2D eigenvalue weighted by molar-refractivity contribution is 0.228. The normalized spacial score (nSPS) is 17.8. The molecule has 0 aliphatic heterocycles. The van der Waals surface area contributed by atoms with Crippen molar-refractivity contribution in [1.82, 2.24) is 20.3 Å². The van der Waals surface area contributed by atoms with Gasteiger partial charge >= 0.3 is 0 Å². The summed E-state index contributed by atoms with van der Waals surface area (Å²) in [7, 11) is 0. The van der Waals surface area contributed by atoms with Gasteiger partial charge in [0.25, 0.3) is 0 Å². The van der Waals surface area contributed by atoms with Crippen LogP contribution < -0.4 is 0 Å². The van der Waals surface area contributed by atoms with Crippen LogP contribution in [0, 0.1) is 5.41 Å². The third-order valence-electron chi connectivity index (χ3n) is 4.06. The van der Waals surface area contributed by atoms with Crippen LogP contribution in [0.25, 0.3) is 11.5 Å². The zero-order valence-electron chi connectivity index (χ0n) is 11.5. The molecule has 2 aromatic heterocycles. The second-order valence-corrected chi connectivity index (χ2v) is 5.42. The maximum Gasteiger partial charge on any atom is 0.227 e. The van der Waals surface area contributed by atoms with Crippen molar-refractivity contribution in [2.75, 3.05) is 0 Å². The molecule has 104 valence electrons.